The molecule has 0 fully saturated rings. The van der Waals surface area contributed by atoms with E-state index in [0.29, 0.717) is 17.9 Å². The number of carboxylic acids is 1. The number of aliphatic carboxylic acids is 1. The molecule has 0 bridgehead atoms. The van der Waals surface area contributed by atoms with Crippen molar-refractivity contribution in [2.45, 2.75) is 25.1 Å². The van der Waals surface area contributed by atoms with E-state index in [2.05, 4.69) is 0 Å². The Morgan fingerprint density at radius 2 is 2.00 bits per heavy atom. The van der Waals surface area contributed by atoms with Crippen LogP contribution in [0.5, 0.6) is 0 Å². The first-order chi connectivity index (χ1) is 8.67. The number of amides is 2. The molecule has 0 saturated heterocycles. The zero-order valence-electron chi connectivity index (χ0n) is 10.7. The van der Waals surface area contributed by atoms with Gasteiger partial charge < -0.3 is 20.1 Å². The highest BCUT2D eigenvalue weighted by Gasteiger charge is 2.32. The van der Waals surface area contributed by atoms with Crippen molar-refractivity contribution in [2.75, 3.05) is 27.3 Å². The van der Waals surface area contributed by atoms with Crippen LogP contribution in [0, 0.1) is 0 Å². The van der Waals surface area contributed by atoms with Gasteiger partial charge in [0.1, 0.15) is 12.6 Å². The monoisotopic (exact) mass is 286 g/mol. The largest absolute Gasteiger partial charge is 0.480 e. The van der Waals surface area contributed by atoms with Crippen LogP contribution in [0.1, 0.15) is 12.8 Å². The third-order valence-electron chi connectivity index (χ3n) is 2.20. The minimum Gasteiger partial charge on any atom is -0.480 e. The molecule has 2 amide bonds. The minimum atomic E-state index is -4.53. The zero-order valence-corrected chi connectivity index (χ0v) is 10.7. The molecule has 0 aromatic heterocycles. The van der Waals surface area contributed by atoms with E-state index in [9.17, 15) is 22.8 Å². The Hall–Kier alpha value is -1.51. The van der Waals surface area contributed by atoms with Crippen LogP contribution in [-0.2, 0) is 9.53 Å². The van der Waals surface area contributed by atoms with Gasteiger partial charge in [-0.1, -0.05) is 0 Å². The first-order valence-corrected chi connectivity index (χ1v) is 5.47. The smallest absolute Gasteiger partial charge is 0.406 e. The summed E-state index contributed by atoms with van der Waals surface area (Å²) >= 11 is 0. The van der Waals surface area contributed by atoms with E-state index in [1.165, 1.54) is 7.11 Å². The summed E-state index contributed by atoms with van der Waals surface area (Å²) in [6.07, 6.45) is -4.08. The number of nitrogens with one attached hydrogen (secondary N) is 1. The van der Waals surface area contributed by atoms with Gasteiger partial charge in [0.05, 0.1) is 0 Å². The van der Waals surface area contributed by atoms with Gasteiger partial charge in [-0.3, -0.25) is 0 Å². The van der Waals surface area contributed by atoms with Crippen LogP contribution in [0.4, 0.5) is 18.0 Å². The number of methoxy groups -OCH3 is 1. The number of hydrogen-bond donors (Lipinski definition) is 2. The Labute approximate surface area is 108 Å². The van der Waals surface area contributed by atoms with E-state index >= 15 is 0 Å². The quantitative estimate of drug-likeness (QED) is 0.686. The van der Waals surface area contributed by atoms with Gasteiger partial charge in [-0.05, 0) is 12.8 Å². The maximum atomic E-state index is 12.1. The highest BCUT2D eigenvalue weighted by molar-refractivity contribution is 5.82. The summed E-state index contributed by atoms with van der Waals surface area (Å²) in [5, 5.41) is 10.9. The molecule has 0 heterocycles. The highest BCUT2D eigenvalue weighted by atomic mass is 19.4. The molecule has 6 nitrogen and oxygen atoms in total. The van der Waals surface area contributed by atoms with Crippen molar-refractivity contribution in [1.29, 1.82) is 0 Å². The number of nitrogens with zero attached hydrogens (tertiary/aromatic N) is 1. The van der Waals surface area contributed by atoms with E-state index in [1.807, 2.05) is 5.32 Å². The van der Waals surface area contributed by atoms with Crippen LogP contribution in [0.25, 0.3) is 0 Å². The molecule has 0 radical (unpaired) electrons. The summed E-state index contributed by atoms with van der Waals surface area (Å²) in [6.45, 7) is -1.14. The van der Waals surface area contributed by atoms with E-state index in [4.69, 9.17) is 9.84 Å². The summed E-state index contributed by atoms with van der Waals surface area (Å²) in [4.78, 5) is 22.6. The molecule has 1 atom stereocenters. The predicted octanol–water partition coefficient (Wildman–Crippen LogP) is 1.07. The van der Waals surface area contributed by atoms with Crippen LogP contribution in [0.3, 0.4) is 0 Å². The first kappa shape index (κ1) is 17.5. The van der Waals surface area contributed by atoms with Crippen molar-refractivity contribution in [3.05, 3.63) is 0 Å². The van der Waals surface area contributed by atoms with Crippen molar-refractivity contribution in [3.63, 3.8) is 0 Å². The lowest BCUT2D eigenvalue weighted by Crippen LogP contribution is -2.48. The summed E-state index contributed by atoms with van der Waals surface area (Å²) < 4.78 is 40.9. The van der Waals surface area contributed by atoms with Gasteiger partial charge in [-0.2, -0.15) is 13.2 Å². The van der Waals surface area contributed by atoms with Crippen molar-refractivity contribution in [3.8, 4) is 0 Å². The molecule has 112 valence electrons. The third kappa shape index (κ3) is 8.25. The molecule has 1 unspecified atom stereocenters. The molecule has 2 N–H and O–H groups in total. The van der Waals surface area contributed by atoms with Crippen molar-refractivity contribution in [2.24, 2.45) is 0 Å². The van der Waals surface area contributed by atoms with Crippen LogP contribution >= 0.6 is 0 Å². The molecule has 0 rings (SSSR count). The fourth-order valence-electron chi connectivity index (χ4n) is 1.29. The molecular formula is C10H17F3N2O4. The number of carboxylic acid groups (broad SMARTS) is 1. The maximum absolute atomic E-state index is 12.1. The number of urea groups is 1. The van der Waals surface area contributed by atoms with Gasteiger partial charge in [0, 0.05) is 20.8 Å². The summed E-state index contributed by atoms with van der Waals surface area (Å²) in [6, 6.07) is -2.32. The molecule has 0 aliphatic carbocycles. The fraction of sp³-hybridized carbons (Fsp3) is 0.800. The SMILES string of the molecule is COCCCC(NC(=O)N(C)CC(F)(F)F)C(=O)O. The molecule has 0 aliphatic heterocycles. The van der Waals surface area contributed by atoms with Crippen molar-refractivity contribution in [1.82, 2.24) is 10.2 Å². The second kappa shape index (κ2) is 7.82. The zero-order chi connectivity index (χ0) is 15.1. The number of alkyl halides is 3. The topological polar surface area (TPSA) is 78.9 Å². The number of halogens is 3. The van der Waals surface area contributed by atoms with E-state index in [1.54, 1.807) is 0 Å². The molecule has 19 heavy (non-hydrogen) atoms. The standard InChI is InChI=1S/C10H17F3N2O4/c1-15(6-10(11,12)13)9(18)14-7(8(16)17)4-3-5-19-2/h7H,3-6H2,1-2H3,(H,14,18)(H,16,17). The fourth-order valence-corrected chi connectivity index (χ4v) is 1.29. The van der Waals surface area contributed by atoms with Gasteiger partial charge in [0.25, 0.3) is 0 Å². The highest BCUT2D eigenvalue weighted by Crippen LogP contribution is 2.15. The second-order valence-corrected chi connectivity index (χ2v) is 3.95. The molecule has 0 aromatic rings. The Bertz CT molecular complexity index is 310. The van der Waals surface area contributed by atoms with Gasteiger partial charge in [-0.25, -0.2) is 9.59 Å². The summed E-state index contributed by atoms with van der Waals surface area (Å²) in [5.74, 6) is -1.30. The maximum Gasteiger partial charge on any atom is 0.406 e. The molecule has 0 saturated carbocycles. The van der Waals surface area contributed by atoms with Crippen LogP contribution in [0.15, 0.2) is 0 Å². The lowest BCUT2D eigenvalue weighted by molar-refractivity contribution is -0.140. The number of ether oxygens (including phenoxy) is 1. The lowest BCUT2D eigenvalue weighted by Gasteiger charge is -2.22. The molecule has 0 spiro atoms. The van der Waals surface area contributed by atoms with E-state index < -0.39 is 30.8 Å². The Kier molecular flexibility index (Phi) is 7.20. The molecular weight excluding hydrogens is 269 g/mol. The molecule has 0 aromatic carbocycles. The average molecular weight is 286 g/mol. The molecule has 9 heteroatoms. The van der Waals surface area contributed by atoms with E-state index in [0.717, 1.165) is 7.05 Å². The normalized spacial score (nSPS) is 12.9. The third-order valence-corrected chi connectivity index (χ3v) is 2.20. The van der Waals surface area contributed by atoms with Crippen LogP contribution < -0.4 is 5.32 Å². The van der Waals surface area contributed by atoms with Gasteiger partial charge in [0.2, 0.25) is 0 Å². The van der Waals surface area contributed by atoms with Crippen molar-refractivity contribution >= 4 is 12.0 Å². The first-order valence-electron chi connectivity index (χ1n) is 5.47. The Morgan fingerprint density at radius 3 is 2.42 bits per heavy atom. The van der Waals surface area contributed by atoms with Gasteiger partial charge in [0.15, 0.2) is 0 Å². The lowest BCUT2D eigenvalue weighted by atomic mass is 10.1. The predicted molar refractivity (Wildman–Crippen MR) is 59.8 cm³/mol. The van der Waals surface area contributed by atoms with Gasteiger partial charge >= 0.3 is 18.2 Å². The number of carbonyl (C=O) groups is 2. The average Bonchev–Trinajstić information content (AvgIpc) is 2.25. The summed E-state index contributed by atoms with van der Waals surface area (Å²) in [7, 11) is 2.38. The van der Waals surface area contributed by atoms with Crippen LogP contribution in [-0.4, -0.2) is 61.5 Å². The number of hydrogen-bond acceptors (Lipinski definition) is 3. The second-order valence-electron chi connectivity index (χ2n) is 3.95. The Balaban J connectivity index is 4.34. The number of rotatable bonds is 7. The van der Waals surface area contributed by atoms with Gasteiger partial charge in [-0.15, -0.1) is 0 Å². The van der Waals surface area contributed by atoms with Crippen molar-refractivity contribution < 1.29 is 32.6 Å². The Morgan fingerprint density at radius 1 is 1.42 bits per heavy atom. The minimum absolute atomic E-state index is 0.0781. The summed E-state index contributed by atoms with van der Waals surface area (Å²) in [5.41, 5.74) is 0. The van der Waals surface area contributed by atoms with E-state index in [-0.39, 0.29) is 6.42 Å². The van der Waals surface area contributed by atoms with Crippen LogP contribution in [0.2, 0.25) is 0 Å². The molecule has 0 aliphatic rings. The number of carbonyl (C=O) groups excluding carboxylic acids is 1.